The molecule has 3 N–H and O–H groups in total. The van der Waals surface area contributed by atoms with Gasteiger partial charge in [-0.3, -0.25) is 13.9 Å². The second-order valence-electron chi connectivity index (χ2n) is 5.94. The highest BCUT2D eigenvalue weighted by Crippen LogP contribution is 2.27. The highest BCUT2D eigenvalue weighted by Gasteiger charge is 2.35. The van der Waals surface area contributed by atoms with E-state index in [-0.39, 0.29) is 13.0 Å². The molecule has 2 aromatic rings. The Morgan fingerprint density at radius 2 is 1.88 bits per heavy atom. The van der Waals surface area contributed by atoms with Gasteiger partial charge in [-0.25, -0.2) is 4.79 Å². The molecule has 0 amide bonds. The van der Waals surface area contributed by atoms with E-state index < -0.39 is 42.3 Å². The molecule has 8 heteroatoms. The summed E-state index contributed by atoms with van der Waals surface area (Å²) in [6.45, 7) is -0.786. The second-order valence-corrected chi connectivity index (χ2v) is 5.94. The van der Waals surface area contributed by atoms with Crippen LogP contribution in [0.4, 0.5) is 0 Å². The SMILES string of the molecule is O=c1ccn([C@H]2C[C@H](O)[C@@H](CO)O2)c(=O)n1C(CO)c1ccccc1. The molecule has 1 aliphatic heterocycles. The normalized spacial score (nSPS) is 24.4. The maximum atomic E-state index is 12.8. The average Bonchev–Trinajstić information content (AvgIpc) is 3.00. The van der Waals surface area contributed by atoms with Gasteiger partial charge in [0.25, 0.3) is 5.56 Å². The Bertz CT molecular complexity index is 831. The third-order valence-electron chi connectivity index (χ3n) is 4.41. The second kappa shape index (κ2) is 7.32. The van der Waals surface area contributed by atoms with Gasteiger partial charge in [-0.2, -0.15) is 0 Å². The van der Waals surface area contributed by atoms with Gasteiger partial charge >= 0.3 is 5.69 Å². The topological polar surface area (TPSA) is 114 Å². The van der Waals surface area contributed by atoms with E-state index in [1.165, 1.54) is 16.8 Å². The zero-order chi connectivity index (χ0) is 18.0. The molecule has 4 atom stereocenters. The number of aliphatic hydroxyl groups is 3. The summed E-state index contributed by atoms with van der Waals surface area (Å²) in [6, 6.07) is 9.15. The molecule has 0 saturated carbocycles. The van der Waals surface area contributed by atoms with E-state index in [4.69, 9.17) is 4.74 Å². The first kappa shape index (κ1) is 17.6. The number of hydrogen-bond donors (Lipinski definition) is 3. The average molecular weight is 348 g/mol. The highest BCUT2D eigenvalue weighted by atomic mass is 16.5. The van der Waals surface area contributed by atoms with Crippen LogP contribution >= 0.6 is 0 Å². The predicted molar refractivity (Wildman–Crippen MR) is 88.2 cm³/mol. The van der Waals surface area contributed by atoms with Crippen LogP contribution in [0.2, 0.25) is 0 Å². The molecule has 1 aromatic carbocycles. The van der Waals surface area contributed by atoms with Crippen molar-refractivity contribution in [2.24, 2.45) is 0 Å². The van der Waals surface area contributed by atoms with Crippen molar-refractivity contribution in [2.45, 2.75) is 30.9 Å². The number of aromatic nitrogens is 2. The molecule has 0 radical (unpaired) electrons. The fourth-order valence-corrected chi connectivity index (χ4v) is 3.07. The number of aliphatic hydroxyl groups excluding tert-OH is 3. The van der Waals surface area contributed by atoms with E-state index in [2.05, 4.69) is 0 Å². The van der Waals surface area contributed by atoms with E-state index >= 15 is 0 Å². The Hall–Kier alpha value is -2.26. The van der Waals surface area contributed by atoms with Gasteiger partial charge in [-0.15, -0.1) is 0 Å². The molecule has 0 aliphatic carbocycles. The molecule has 0 spiro atoms. The molecular formula is C17H20N2O6. The third kappa shape index (κ3) is 3.29. The third-order valence-corrected chi connectivity index (χ3v) is 4.41. The number of benzene rings is 1. The van der Waals surface area contributed by atoms with Gasteiger partial charge < -0.3 is 20.1 Å². The quantitative estimate of drug-likeness (QED) is 0.654. The molecule has 2 heterocycles. The van der Waals surface area contributed by atoms with Gasteiger partial charge in [0.05, 0.1) is 25.4 Å². The minimum absolute atomic E-state index is 0.123. The van der Waals surface area contributed by atoms with E-state index in [0.29, 0.717) is 5.56 Å². The summed E-state index contributed by atoms with van der Waals surface area (Å²) in [5.41, 5.74) is -0.560. The minimum atomic E-state index is -0.898. The summed E-state index contributed by atoms with van der Waals surface area (Å²) in [6.07, 6.45) is -1.04. The van der Waals surface area contributed by atoms with E-state index in [9.17, 15) is 24.9 Å². The van der Waals surface area contributed by atoms with Gasteiger partial charge in [0, 0.05) is 18.7 Å². The fraction of sp³-hybridized carbons (Fsp3) is 0.412. The van der Waals surface area contributed by atoms with Crippen LogP contribution in [-0.4, -0.2) is 49.9 Å². The van der Waals surface area contributed by atoms with Gasteiger partial charge in [0.15, 0.2) is 0 Å². The molecule has 134 valence electrons. The van der Waals surface area contributed by atoms with Crippen molar-refractivity contribution in [1.29, 1.82) is 0 Å². The number of hydrogen-bond acceptors (Lipinski definition) is 6. The Kier molecular flexibility index (Phi) is 5.14. The van der Waals surface area contributed by atoms with Crippen molar-refractivity contribution in [3.05, 3.63) is 69.0 Å². The van der Waals surface area contributed by atoms with Gasteiger partial charge in [0.1, 0.15) is 12.3 Å². The van der Waals surface area contributed by atoms with Crippen LogP contribution in [0.1, 0.15) is 24.3 Å². The van der Waals surface area contributed by atoms with Crippen molar-refractivity contribution < 1.29 is 20.1 Å². The van der Waals surface area contributed by atoms with Crippen LogP contribution in [0.5, 0.6) is 0 Å². The molecule has 8 nitrogen and oxygen atoms in total. The summed E-state index contributed by atoms with van der Waals surface area (Å²) in [7, 11) is 0. The lowest BCUT2D eigenvalue weighted by Gasteiger charge is -2.20. The molecule has 1 unspecified atom stereocenters. The van der Waals surface area contributed by atoms with Gasteiger partial charge in [-0.05, 0) is 5.56 Å². The molecule has 1 fully saturated rings. The van der Waals surface area contributed by atoms with Crippen molar-refractivity contribution in [2.75, 3.05) is 13.2 Å². The molecule has 3 rings (SSSR count). The number of nitrogens with zero attached hydrogens (tertiary/aromatic N) is 2. The minimum Gasteiger partial charge on any atom is -0.394 e. The first-order chi connectivity index (χ1) is 12.1. The Morgan fingerprint density at radius 1 is 1.16 bits per heavy atom. The van der Waals surface area contributed by atoms with E-state index in [1.54, 1.807) is 30.3 Å². The summed E-state index contributed by atoms with van der Waals surface area (Å²) in [4.78, 5) is 25.1. The monoisotopic (exact) mass is 348 g/mol. The summed E-state index contributed by atoms with van der Waals surface area (Å²) < 4.78 is 7.66. The van der Waals surface area contributed by atoms with Crippen molar-refractivity contribution in [3.8, 4) is 0 Å². The van der Waals surface area contributed by atoms with Gasteiger partial charge in [-0.1, -0.05) is 30.3 Å². The Labute approximate surface area is 143 Å². The number of rotatable bonds is 5. The van der Waals surface area contributed by atoms with E-state index in [0.717, 1.165) is 4.57 Å². The summed E-state index contributed by atoms with van der Waals surface area (Å²) in [5.74, 6) is 0. The predicted octanol–water partition coefficient (Wildman–Crippen LogP) is -0.768. The molecule has 0 bridgehead atoms. The molecule has 25 heavy (non-hydrogen) atoms. The summed E-state index contributed by atoms with van der Waals surface area (Å²) >= 11 is 0. The highest BCUT2D eigenvalue weighted by molar-refractivity contribution is 5.20. The number of ether oxygens (including phenoxy) is 1. The van der Waals surface area contributed by atoms with Crippen molar-refractivity contribution in [3.63, 3.8) is 0 Å². The van der Waals surface area contributed by atoms with E-state index in [1.807, 2.05) is 0 Å². The first-order valence-corrected chi connectivity index (χ1v) is 8.00. The van der Waals surface area contributed by atoms with Crippen molar-refractivity contribution >= 4 is 0 Å². The van der Waals surface area contributed by atoms with Gasteiger partial charge in [0.2, 0.25) is 0 Å². The maximum absolute atomic E-state index is 12.8. The summed E-state index contributed by atoms with van der Waals surface area (Å²) in [5, 5.41) is 28.8. The van der Waals surface area contributed by atoms with Crippen LogP contribution in [0, 0.1) is 0 Å². The molecule has 1 aromatic heterocycles. The lowest BCUT2D eigenvalue weighted by molar-refractivity contribution is -0.0464. The maximum Gasteiger partial charge on any atom is 0.333 e. The lowest BCUT2D eigenvalue weighted by atomic mass is 10.1. The smallest absolute Gasteiger partial charge is 0.333 e. The lowest BCUT2D eigenvalue weighted by Crippen LogP contribution is -2.44. The van der Waals surface area contributed by atoms with Crippen LogP contribution in [0.15, 0.2) is 52.2 Å². The standard InChI is InChI=1S/C17H20N2O6/c20-9-12(11-4-2-1-3-5-11)19-15(23)6-7-18(17(19)24)16-8-13(22)14(10-21)25-16/h1-7,12-14,16,20-22H,8-10H2/t12?,13-,14+,16+/m0/s1. The zero-order valence-electron chi connectivity index (χ0n) is 13.4. The van der Waals surface area contributed by atoms with Crippen LogP contribution in [-0.2, 0) is 4.74 Å². The largest absolute Gasteiger partial charge is 0.394 e. The molecular weight excluding hydrogens is 328 g/mol. The van der Waals surface area contributed by atoms with Crippen LogP contribution < -0.4 is 11.2 Å². The molecule has 1 saturated heterocycles. The van der Waals surface area contributed by atoms with Crippen LogP contribution in [0.25, 0.3) is 0 Å². The first-order valence-electron chi connectivity index (χ1n) is 8.00. The van der Waals surface area contributed by atoms with Crippen molar-refractivity contribution in [1.82, 2.24) is 9.13 Å². The Morgan fingerprint density at radius 3 is 2.48 bits per heavy atom. The van der Waals surface area contributed by atoms with Crippen LogP contribution in [0.3, 0.4) is 0 Å². The zero-order valence-corrected chi connectivity index (χ0v) is 13.4. The fourth-order valence-electron chi connectivity index (χ4n) is 3.07. The Balaban J connectivity index is 2.04. The molecule has 1 aliphatic rings.